The van der Waals surface area contributed by atoms with Crippen molar-refractivity contribution in [2.24, 2.45) is 0 Å². The quantitative estimate of drug-likeness (QED) is 0.774. The Kier molecular flexibility index (Phi) is 3.50. The van der Waals surface area contributed by atoms with E-state index < -0.39 is 11.7 Å². The SMILES string of the molecule is Nc1cc(C(F)(F)F)cc(NCC(=O)NC2CC2)n1. The van der Waals surface area contributed by atoms with E-state index in [9.17, 15) is 18.0 Å². The zero-order valence-electron chi connectivity index (χ0n) is 9.92. The first-order chi connectivity index (χ1) is 8.84. The summed E-state index contributed by atoms with van der Waals surface area (Å²) in [5.41, 5.74) is 4.40. The van der Waals surface area contributed by atoms with E-state index in [1.807, 2.05) is 0 Å². The first-order valence-corrected chi connectivity index (χ1v) is 5.72. The first-order valence-electron chi connectivity index (χ1n) is 5.72. The largest absolute Gasteiger partial charge is 0.416 e. The topological polar surface area (TPSA) is 80.0 Å². The molecule has 1 aromatic rings. The third kappa shape index (κ3) is 4.01. The Bertz CT molecular complexity index is 485. The van der Waals surface area contributed by atoms with E-state index in [1.165, 1.54) is 0 Å². The molecule has 1 fully saturated rings. The maximum absolute atomic E-state index is 12.5. The van der Waals surface area contributed by atoms with E-state index in [4.69, 9.17) is 5.73 Å². The second kappa shape index (κ2) is 4.94. The van der Waals surface area contributed by atoms with Crippen molar-refractivity contribution in [3.05, 3.63) is 17.7 Å². The van der Waals surface area contributed by atoms with E-state index in [-0.39, 0.29) is 30.1 Å². The van der Waals surface area contributed by atoms with Gasteiger partial charge < -0.3 is 16.4 Å². The van der Waals surface area contributed by atoms with E-state index in [2.05, 4.69) is 15.6 Å². The standard InChI is InChI=1S/C11H13F3N4O/c12-11(13,14)6-3-8(15)18-9(4-6)16-5-10(19)17-7-1-2-7/h3-4,7H,1-2,5H2,(H,17,19)(H3,15,16,18). The molecule has 1 aliphatic rings. The first kappa shape index (κ1) is 13.4. The number of hydrogen-bond donors (Lipinski definition) is 3. The molecule has 0 atom stereocenters. The van der Waals surface area contributed by atoms with Crippen LogP contribution in [0.15, 0.2) is 12.1 Å². The lowest BCUT2D eigenvalue weighted by molar-refractivity contribution is -0.137. The summed E-state index contributed by atoms with van der Waals surface area (Å²) in [5.74, 6) is -0.599. The Morgan fingerprint density at radius 1 is 1.42 bits per heavy atom. The van der Waals surface area contributed by atoms with Gasteiger partial charge in [-0.1, -0.05) is 0 Å². The summed E-state index contributed by atoms with van der Waals surface area (Å²) in [5, 5.41) is 5.23. The second-order valence-electron chi connectivity index (χ2n) is 4.36. The van der Waals surface area contributed by atoms with Gasteiger partial charge in [-0.25, -0.2) is 4.98 Å². The van der Waals surface area contributed by atoms with Gasteiger partial charge in [-0.15, -0.1) is 0 Å². The number of carbonyl (C=O) groups is 1. The van der Waals surface area contributed by atoms with Crippen LogP contribution in [0.25, 0.3) is 0 Å². The molecule has 8 heteroatoms. The summed E-state index contributed by atoms with van der Waals surface area (Å²) in [6.45, 7) is -0.135. The third-order valence-corrected chi connectivity index (χ3v) is 2.55. The average molecular weight is 274 g/mol. The molecule has 1 saturated carbocycles. The summed E-state index contributed by atoms with van der Waals surface area (Å²) < 4.78 is 37.6. The number of hydrogen-bond acceptors (Lipinski definition) is 4. The summed E-state index contributed by atoms with van der Waals surface area (Å²) in [6, 6.07) is 1.77. The predicted molar refractivity (Wildman–Crippen MR) is 63.3 cm³/mol. The molecule has 1 aromatic heterocycles. The molecular weight excluding hydrogens is 261 g/mol. The highest BCUT2D eigenvalue weighted by molar-refractivity contribution is 5.81. The zero-order chi connectivity index (χ0) is 14.0. The fourth-order valence-corrected chi connectivity index (χ4v) is 1.48. The molecule has 0 unspecified atom stereocenters. The summed E-state index contributed by atoms with van der Waals surface area (Å²) >= 11 is 0. The van der Waals surface area contributed by atoms with Gasteiger partial charge in [0.15, 0.2) is 0 Å². The number of alkyl halides is 3. The Morgan fingerprint density at radius 2 is 2.11 bits per heavy atom. The van der Waals surface area contributed by atoms with Gasteiger partial charge in [-0.3, -0.25) is 4.79 Å². The molecule has 5 nitrogen and oxygen atoms in total. The van der Waals surface area contributed by atoms with Crippen LogP contribution in [0.5, 0.6) is 0 Å². The molecule has 0 bridgehead atoms. The van der Waals surface area contributed by atoms with Gasteiger partial charge in [0.2, 0.25) is 5.91 Å². The highest BCUT2D eigenvalue weighted by Gasteiger charge is 2.31. The van der Waals surface area contributed by atoms with E-state index in [1.54, 1.807) is 0 Å². The molecule has 104 valence electrons. The molecule has 0 spiro atoms. The van der Waals surface area contributed by atoms with Gasteiger partial charge in [0.1, 0.15) is 11.6 Å². The second-order valence-corrected chi connectivity index (χ2v) is 4.36. The van der Waals surface area contributed by atoms with Crippen LogP contribution in [0.2, 0.25) is 0 Å². The van der Waals surface area contributed by atoms with E-state index in [0.29, 0.717) is 0 Å². The van der Waals surface area contributed by atoms with Gasteiger partial charge in [-0.05, 0) is 25.0 Å². The molecule has 0 aliphatic heterocycles. The van der Waals surface area contributed by atoms with Crippen LogP contribution >= 0.6 is 0 Å². The molecule has 19 heavy (non-hydrogen) atoms. The van der Waals surface area contributed by atoms with Crippen LogP contribution in [0.1, 0.15) is 18.4 Å². The number of nitrogens with one attached hydrogen (secondary N) is 2. The minimum atomic E-state index is -4.50. The molecule has 0 radical (unpaired) electrons. The Hall–Kier alpha value is -1.99. The number of anilines is 2. The van der Waals surface area contributed by atoms with Gasteiger partial charge >= 0.3 is 6.18 Å². The van der Waals surface area contributed by atoms with Crippen molar-refractivity contribution < 1.29 is 18.0 Å². The minimum Gasteiger partial charge on any atom is -0.384 e. The van der Waals surface area contributed by atoms with Crippen molar-refractivity contribution in [3.8, 4) is 0 Å². The molecule has 1 heterocycles. The number of nitrogens with two attached hydrogens (primary N) is 1. The van der Waals surface area contributed by atoms with Gasteiger partial charge in [0.25, 0.3) is 0 Å². The lowest BCUT2D eigenvalue weighted by atomic mass is 10.2. The van der Waals surface area contributed by atoms with Crippen LogP contribution in [0, 0.1) is 0 Å². The maximum Gasteiger partial charge on any atom is 0.416 e. The van der Waals surface area contributed by atoms with Crippen molar-refractivity contribution in [2.75, 3.05) is 17.6 Å². The van der Waals surface area contributed by atoms with Crippen LogP contribution in [0.4, 0.5) is 24.8 Å². The highest BCUT2D eigenvalue weighted by Crippen LogP contribution is 2.31. The van der Waals surface area contributed by atoms with E-state index >= 15 is 0 Å². The van der Waals surface area contributed by atoms with Crippen LogP contribution < -0.4 is 16.4 Å². The molecular formula is C11H13F3N4O. The Morgan fingerprint density at radius 3 is 2.68 bits per heavy atom. The lowest BCUT2D eigenvalue weighted by Gasteiger charge is -2.11. The predicted octanol–water partition coefficient (Wildman–Crippen LogP) is 1.37. The number of pyridine rings is 1. The normalized spacial score (nSPS) is 15.1. The fraction of sp³-hybridized carbons (Fsp3) is 0.455. The zero-order valence-corrected chi connectivity index (χ0v) is 9.92. The average Bonchev–Trinajstić information content (AvgIpc) is 3.08. The fourth-order valence-electron chi connectivity index (χ4n) is 1.48. The van der Waals surface area contributed by atoms with Gasteiger partial charge in [0.05, 0.1) is 12.1 Å². The van der Waals surface area contributed by atoms with Crippen molar-refractivity contribution in [1.29, 1.82) is 0 Å². The van der Waals surface area contributed by atoms with Crippen molar-refractivity contribution >= 4 is 17.5 Å². The summed E-state index contributed by atoms with van der Waals surface area (Å²) in [4.78, 5) is 15.1. The summed E-state index contributed by atoms with van der Waals surface area (Å²) in [7, 11) is 0. The molecule has 1 amide bonds. The smallest absolute Gasteiger partial charge is 0.384 e. The maximum atomic E-state index is 12.5. The number of amides is 1. The van der Waals surface area contributed by atoms with Crippen LogP contribution in [-0.2, 0) is 11.0 Å². The van der Waals surface area contributed by atoms with E-state index in [0.717, 1.165) is 25.0 Å². The minimum absolute atomic E-state index is 0.0710. The number of aromatic nitrogens is 1. The molecule has 4 N–H and O–H groups in total. The summed E-state index contributed by atoms with van der Waals surface area (Å²) in [6.07, 6.45) is -2.61. The monoisotopic (exact) mass is 274 g/mol. The number of carbonyl (C=O) groups excluding carboxylic acids is 1. The number of halogens is 3. The Balaban J connectivity index is 1.99. The molecule has 0 saturated heterocycles. The van der Waals surface area contributed by atoms with Gasteiger partial charge in [0, 0.05) is 6.04 Å². The third-order valence-electron chi connectivity index (χ3n) is 2.55. The number of nitrogen functional groups attached to an aromatic ring is 1. The van der Waals surface area contributed by atoms with Crippen LogP contribution in [0.3, 0.4) is 0 Å². The lowest BCUT2D eigenvalue weighted by Crippen LogP contribution is -2.31. The van der Waals surface area contributed by atoms with Crippen molar-refractivity contribution in [2.45, 2.75) is 25.1 Å². The molecule has 1 aliphatic carbocycles. The van der Waals surface area contributed by atoms with Crippen molar-refractivity contribution in [3.63, 3.8) is 0 Å². The Labute approximate surface area is 107 Å². The van der Waals surface area contributed by atoms with Crippen molar-refractivity contribution in [1.82, 2.24) is 10.3 Å². The number of rotatable bonds is 4. The van der Waals surface area contributed by atoms with Gasteiger partial charge in [-0.2, -0.15) is 13.2 Å². The molecule has 0 aromatic carbocycles. The number of nitrogens with zero attached hydrogens (tertiary/aromatic N) is 1. The van der Waals surface area contributed by atoms with Crippen LogP contribution in [-0.4, -0.2) is 23.5 Å². The highest BCUT2D eigenvalue weighted by atomic mass is 19.4. The molecule has 2 rings (SSSR count).